The first-order chi connectivity index (χ1) is 10.1. The van der Waals surface area contributed by atoms with Gasteiger partial charge in [0.25, 0.3) is 5.56 Å². The third-order valence-electron chi connectivity index (χ3n) is 3.84. The molecule has 0 spiro atoms. The lowest BCUT2D eigenvalue weighted by molar-refractivity contribution is -0.116. The Morgan fingerprint density at radius 3 is 2.90 bits per heavy atom. The molecule has 2 heterocycles. The second kappa shape index (κ2) is 5.93. The maximum Gasteiger partial charge on any atom is 0.262 e. The Morgan fingerprint density at radius 1 is 1.38 bits per heavy atom. The zero-order valence-electron chi connectivity index (χ0n) is 12.3. The van der Waals surface area contributed by atoms with Gasteiger partial charge in [0, 0.05) is 24.1 Å². The van der Waals surface area contributed by atoms with E-state index >= 15 is 0 Å². The molecule has 0 saturated heterocycles. The number of ketones is 1. The molecule has 0 unspecified atom stereocenters. The molecular formula is C15H18N2O2S2. The lowest BCUT2D eigenvalue weighted by Crippen LogP contribution is -2.20. The molecule has 4 nitrogen and oxygen atoms in total. The number of rotatable bonds is 4. The van der Waals surface area contributed by atoms with Crippen LogP contribution in [0.5, 0.6) is 0 Å². The first-order valence-electron chi connectivity index (χ1n) is 7.21. The number of aromatic nitrogens is 2. The van der Waals surface area contributed by atoms with Gasteiger partial charge in [-0.3, -0.25) is 14.2 Å². The van der Waals surface area contributed by atoms with Gasteiger partial charge in [0.05, 0.1) is 5.39 Å². The number of hydrogen-bond donors (Lipinski definition) is 0. The van der Waals surface area contributed by atoms with Crippen LogP contribution in [0.2, 0.25) is 0 Å². The van der Waals surface area contributed by atoms with E-state index in [1.165, 1.54) is 28.6 Å². The number of fused-ring (bicyclic) bond motifs is 3. The van der Waals surface area contributed by atoms with Crippen LogP contribution in [-0.4, -0.2) is 21.1 Å². The predicted octanol–water partition coefficient (Wildman–Crippen LogP) is 2.95. The average molecular weight is 322 g/mol. The van der Waals surface area contributed by atoms with Gasteiger partial charge >= 0.3 is 0 Å². The molecule has 2 aromatic rings. The highest BCUT2D eigenvalue weighted by Gasteiger charge is 2.21. The highest BCUT2D eigenvalue weighted by atomic mass is 32.2. The van der Waals surface area contributed by atoms with E-state index < -0.39 is 0 Å². The molecule has 0 aliphatic heterocycles. The topological polar surface area (TPSA) is 52.0 Å². The summed E-state index contributed by atoms with van der Waals surface area (Å²) in [4.78, 5) is 30.5. The van der Waals surface area contributed by atoms with Gasteiger partial charge in [-0.1, -0.05) is 11.8 Å². The van der Waals surface area contributed by atoms with Crippen LogP contribution in [0.4, 0.5) is 0 Å². The number of thiophene rings is 1. The largest absolute Gasteiger partial charge is 0.300 e. The van der Waals surface area contributed by atoms with Crippen molar-refractivity contribution in [1.82, 2.24) is 9.55 Å². The van der Waals surface area contributed by atoms with Crippen molar-refractivity contribution in [2.75, 3.05) is 5.75 Å². The van der Waals surface area contributed by atoms with Crippen molar-refractivity contribution in [2.45, 2.75) is 44.2 Å². The molecule has 0 radical (unpaired) electrons. The van der Waals surface area contributed by atoms with Crippen molar-refractivity contribution in [2.24, 2.45) is 7.05 Å². The lowest BCUT2D eigenvalue weighted by atomic mass is 9.97. The van der Waals surface area contributed by atoms with Crippen LogP contribution in [0.25, 0.3) is 10.2 Å². The summed E-state index contributed by atoms with van der Waals surface area (Å²) in [6.07, 6.45) is 4.96. The highest BCUT2D eigenvalue weighted by molar-refractivity contribution is 7.99. The van der Waals surface area contributed by atoms with Crippen LogP contribution < -0.4 is 5.56 Å². The van der Waals surface area contributed by atoms with Crippen LogP contribution in [0.3, 0.4) is 0 Å². The summed E-state index contributed by atoms with van der Waals surface area (Å²) in [5, 5.41) is 1.54. The van der Waals surface area contributed by atoms with E-state index in [4.69, 9.17) is 0 Å². The third-order valence-corrected chi connectivity index (χ3v) is 6.06. The molecule has 0 fully saturated rings. The van der Waals surface area contributed by atoms with Crippen LogP contribution in [0, 0.1) is 0 Å². The number of carbonyl (C=O) groups excluding carboxylic acids is 1. The summed E-state index contributed by atoms with van der Waals surface area (Å²) in [6, 6.07) is 0. The maximum absolute atomic E-state index is 12.6. The summed E-state index contributed by atoms with van der Waals surface area (Å²) in [5.74, 6) is 0.840. The maximum atomic E-state index is 12.6. The average Bonchev–Trinajstić information content (AvgIpc) is 2.82. The van der Waals surface area contributed by atoms with Crippen molar-refractivity contribution in [3.63, 3.8) is 0 Å². The van der Waals surface area contributed by atoms with E-state index in [9.17, 15) is 9.59 Å². The molecule has 3 rings (SSSR count). The van der Waals surface area contributed by atoms with Crippen molar-refractivity contribution in [3.8, 4) is 0 Å². The van der Waals surface area contributed by atoms with Crippen molar-refractivity contribution >= 4 is 39.1 Å². The Hall–Kier alpha value is -1.14. The molecule has 2 aromatic heterocycles. The minimum Gasteiger partial charge on any atom is -0.300 e. The second-order valence-electron chi connectivity index (χ2n) is 5.45. The van der Waals surface area contributed by atoms with Gasteiger partial charge < -0.3 is 0 Å². The van der Waals surface area contributed by atoms with Gasteiger partial charge in [0.15, 0.2) is 5.16 Å². The Bertz CT molecular complexity index is 761. The fraction of sp³-hybridized carbons (Fsp3) is 0.533. The molecule has 21 heavy (non-hydrogen) atoms. The zero-order chi connectivity index (χ0) is 15.0. The standard InChI is InChI=1S/C15H18N2O2S2/c1-9(18)7-8-20-15-16-13-12(14(19)17(15)2)10-5-3-4-6-11(10)21-13/h3-8H2,1-2H3. The van der Waals surface area contributed by atoms with Crippen molar-refractivity contribution in [3.05, 3.63) is 20.8 Å². The summed E-state index contributed by atoms with van der Waals surface area (Å²) in [5.41, 5.74) is 1.29. The number of thioether (sulfide) groups is 1. The highest BCUT2D eigenvalue weighted by Crippen LogP contribution is 2.34. The molecule has 1 aliphatic rings. The van der Waals surface area contributed by atoms with Gasteiger partial charge in [-0.25, -0.2) is 4.98 Å². The minimum absolute atomic E-state index is 0.0599. The van der Waals surface area contributed by atoms with Crippen LogP contribution >= 0.6 is 23.1 Å². The fourth-order valence-corrected chi connectivity index (χ4v) is 5.00. The molecule has 112 valence electrons. The second-order valence-corrected chi connectivity index (χ2v) is 7.60. The first kappa shape index (κ1) is 14.8. The summed E-state index contributed by atoms with van der Waals surface area (Å²) in [7, 11) is 1.78. The van der Waals surface area contributed by atoms with E-state index in [-0.39, 0.29) is 11.3 Å². The van der Waals surface area contributed by atoms with Crippen LogP contribution in [0.15, 0.2) is 9.95 Å². The van der Waals surface area contributed by atoms with Crippen LogP contribution in [-0.2, 0) is 24.7 Å². The Balaban J connectivity index is 2.02. The predicted molar refractivity (Wildman–Crippen MR) is 87.5 cm³/mol. The van der Waals surface area contributed by atoms with Gasteiger partial charge in [0.2, 0.25) is 0 Å². The molecule has 0 amide bonds. The molecule has 0 aromatic carbocycles. The van der Waals surface area contributed by atoms with Crippen LogP contribution in [0.1, 0.15) is 36.6 Å². The quantitative estimate of drug-likeness (QED) is 0.641. The van der Waals surface area contributed by atoms with Gasteiger partial charge in [0.1, 0.15) is 10.6 Å². The van der Waals surface area contributed by atoms with Crippen molar-refractivity contribution in [1.29, 1.82) is 0 Å². The first-order valence-corrected chi connectivity index (χ1v) is 9.01. The normalized spacial score (nSPS) is 14.4. The molecule has 0 atom stereocenters. The SMILES string of the molecule is CC(=O)CCSc1nc2sc3c(c2c(=O)n1C)CCCC3. The lowest BCUT2D eigenvalue weighted by Gasteiger charge is -2.10. The summed E-state index contributed by atoms with van der Waals surface area (Å²) >= 11 is 3.16. The van der Waals surface area contributed by atoms with E-state index in [1.807, 2.05) is 0 Å². The Kier molecular flexibility index (Phi) is 4.17. The monoisotopic (exact) mass is 322 g/mol. The fourth-order valence-electron chi connectivity index (χ4n) is 2.68. The van der Waals surface area contributed by atoms with E-state index in [1.54, 1.807) is 29.9 Å². The summed E-state index contributed by atoms with van der Waals surface area (Å²) < 4.78 is 1.63. The molecule has 0 saturated carbocycles. The molecule has 1 aliphatic carbocycles. The number of nitrogens with zero attached hydrogens (tertiary/aromatic N) is 2. The van der Waals surface area contributed by atoms with Gasteiger partial charge in [-0.2, -0.15) is 0 Å². The number of Topliss-reactive ketones (excluding diaryl/α,β-unsaturated/α-hetero) is 1. The molecule has 6 heteroatoms. The number of aryl methyl sites for hydroxylation is 2. The molecule has 0 bridgehead atoms. The molecule has 0 N–H and O–H groups in total. The number of hydrogen-bond acceptors (Lipinski definition) is 5. The third kappa shape index (κ3) is 2.79. The van der Waals surface area contributed by atoms with E-state index in [0.29, 0.717) is 17.3 Å². The van der Waals surface area contributed by atoms with E-state index in [0.717, 1.165) is 29.5 Å². The Morgan fingerprint density at radius 2 is 2.14 bits per heavy atom. The van der Waals surface area contributed by atoms with Gasteiger partial charge in [-0.15, -0.1) is 11.3 Å². The Labute approximate surface area is 131 Å². The summed E-state index contributed by atoms with van der Waals surface area (Å²) in [6.45, 7) is 1.59. The van der Waals surface area contributed by atoms with E-state index in [2.05, 4.69) is 4.98 Å². The molecular weight excluding hydrogens is 304 g/mol. The zero-order valence-corrected chi connectivity index (χ0v) is 13.9. The number of carbonyl (C=O) groups is 1. The van der Waals surface area contributed by atoms with Crippen molar-refractivity contribution < 1.29 is 4.79 Å². The smallest absolute Gasteiger partial charge is 0.262 e. The van der Waals surface area contributed by atoms with Gasteiger partial charge in [-0.05, 0) is 38.2 Å². The minimum atomic E-state index is 0.0599.